The van der Waals surface area contributed by atoms with Crippen molar-refractivity contribution in [3.8, 4) is 0 Å². The van der Waals surface area contributed by atoms with E-state index >= 15 is 0 Å². The summed E-state index contributed by atoms with van der Waals surface area (Å²) < 4.78 is 5.24. The van der Waals surface area contributed by atoms with Gasteiger partial charge in [0.1, 0.15) is 11.8 Å². The molecule has 1 aromatic heterocycles. The maximum absolute atomic E-state index is 12.7. The number of likely N-dealkylation sites (tertiary alicyclic amines) is 2. The highest BCUT2D eigenvalue weighted by Gasteiger charge is 2.40. The summed E-state index contributed by atoms with van der Waals surface area (Å²) in [5.41, 5.74) is 0. The van der Waals surface area contributed by atoms with E-state index in [1.165, 1.54) is 4.90 Å². The van der Waals surface area contributed by atoms with Crippen molar-refractivity contribution in [3.63, 3.8) is 0 Å². The van der Waals surface area contributed by atoms with Crippen LogP contribution in [0, 0.1) is 5.92 Å². The predicted molar refractivity (Wildman–Crippen MR) is 79.2 cm³/mol. The van der Waals surface area contributed by atoms with Gasteiger partial charge in [0.25, 0.3) is 0 Å². The Labute approximate surface area is 133 Å². The van der Waals surface area contributed by atoms with Gasteiger partial charge in [-0.3, -0.25) is 9.59 Å². The minimum Gasteiger partial charge on any atom is -0.480 e. The highest BCUT2D eigenvalue weighted by molar-refractivity contribution is 5.91. The topological polar surface area (TPSA) is 91.1 Å². The molecule has 2 aliphatic heterocycles. The molecule has 0 saturated carbocycles. The predicted octanol–water partition coefficient (Wildman–Crippen LogP) is 1.09. The summed E-state index contributed by atoms with van der Waals surface area (Å²) in [6.45, 7) is 1.12. The van der Waals surface area contributed by atoms with Crippen LogP contribution in [0.5, 0.6) is 0 Å². The molecule has 3 rings (SSSR count). The first-order valence-electron chi connectivity index (χ1n) is 7.89. The molecule has 2 atom stereocenters. The third kappa shape index (κ3) is 3.23. The number of carboxylic acid groups (broad SMARTS) is 1. The smallest absolute Gasteiger partial charge is 0.326 e. The Kier molecular flexibility index (Phi) is 4.36. The minimum atomic E-state index is -0.963. The van der Waals surface area contributed by atoms with Gasteiger partial charge in [-0.2, -0.15) is 0 Å². The Balaban J connectivity index is 1.66. The fraction of sp³-hybridized carbons (Fsp3) is 0.562. The molecule has 2 aliphatic rings. The molecule has 2 unspecified atom stereocenters. The number of aliphatic carboxylic acids is 1. The molecule has 1 aromatic rings. The van der Waals surface area contributed by atoms with Crippen LogP contribution < -0.4 is 0 Å². The van der Waals surface area contributed by atoms with Gasteiger partial charge in [-0.25, -0.2) is 4.79 Å². The normalized spacial score (nSPS) is 25.0. The third-order valence-electron chi connectivity index (χ3n) is 4.56. The van der Waals surface area contributed by atoms with Gasteiger partial charge in [0.05, 0.1) is 18.7 Å². The van der Waals surface area contributed by atoms with Gasteiger partial charge in [-0.1, -0.05) is 0 Å². The molecule has 2 amide bonds. The van der Waals surface area contributed by atoms with E-state index < -0.39 is 17.9 Å². The summed E-state index contributed by atoms with van der Waals surface area (Å²) in [5, 5.41) is 9.29. The Morgan fingerprint density at radius 1 is 1.35 bits per heavy atom. The Bertz CT molecular complexity index is 598. The van der Waals surface area contributed by atoms with E-state index in [1.54, 1.807) is 23.3 Å². The maximum Gasteiger partial charge on any atom is 0.326 e. The number of rotatable bonds is 4. The molecule has 7 heteroatoms. The molecule has 0 radical (unpaired) electrons. The van der Waals surface area contributed by atoms with Crippen molar-refractivity contribution in [2.45, 2.75) is 38.3 Å². The van der Waals surface area contributed by atoms with Crippen molar-refractivity contribution in [3.05, 3.63) is 24.2 Å². The number of nitrogens with zero attached hydrogens (tertiary/aromatic N) is 2. The second-order valence-electron chi connectivity index (χ2n) is 6.14. The number of carbonyl (C=O) groups is 3. The van der Waals surface area contributed by atoms with Crippen LogP contribution in [0.1, 0.15) is 31.4 Å². The molecule has 1 N–H and O–H groups in total. The van der Waals surface area contributed by atoms with E-state index in [0.717, 1.165) is 12.8 Å². The van der Waals surface area contributed by atoms with Crippen LogP contribution in [0.3, 0.4) is 0 Å². The standard InChI is InChI=1S/C16H20N2O5/c19-14-8-11(9-17(14)10-12-4-3-7-23-12)15(20)18-6-2-1-5-13(18)16(21)22/h3-4,7,11,13H,1-2,5-6,8-10H2,(H,21,22). The second kappa shape index (κ2) is 6.44. The second-order valence-corrected chi connectivity index (χ2v) is 6.14. The van der Waals surface area contributed by atoms with Crippen LogP contribution in [-0.2, 0) is 20.9 Å². The van der Waals surface area contributed by atoms with E-state index in [1.807, 2.05) is 0 Å². The maximum atomic E-state index is 12.7. The zero-order valence-corrected chi connectivity index (χ0v) is 12.8. The lowest BCUT2D eigenvalue weighted by molar-refractivity contribution is -0.153. The van der Waals surface area contributed by atoms with Crippen LogP contribution in [0.15, 0.2) is 22.8 Å². The first kappa shape index (κ1) is 15.6. The Hall–Kier alpha value is -2.31. The number of hydrogen-bond acceptors (Lipinski definition) is 4. The van der Waals surface area contributed by atoms with E-state index in [9.17, 15) is 19.5 Å². The van der Waals surface area contributed by atoms with Crippen molar-refractivity contribution in [2.75, 3.05) is 13.1 Å². The lowest BCUT2D eigenvalue weighted by Crippen LogP contribution is -2.50. The Morgan fingerprint density at radius 2 is 2.17 bits per heavy atom. The summed E-state index contributed by atoms with van der Waals surface area (Å²) in [5.74, 6) is -1.06. The van der Waals surface area contributed by atoms with Gasteiger partial charge in [0.2, 0.25) is 11.8 Å². The number of carboxylic acids is 1. The molecule has 3 heterocycles. The zero-order chi connectivity index (χ0) is 16.4. The molecule has 0 aliphatic carbocycles. The van der Waals surface area contributed by atoms with Crippen LogP contribution >= 0.6 is 0 Å². The van der Waals surface area contributed by atoms with Crippen LogP contribution in [0.4, 0.5) is 0 Å². The molecule has 124 valence electrons. The van der Waals surface area contributed by atoms with Crippen molar-refractivity contribution in [1.82, 2.24) is 9.80 Å². The first-order chi connectivity index (χ1) is 11.1. The van der Waals surface area contributed by atoms with Crippen LogP contribution in [0.2, 0.25) is 0 Å². The summed E-state index contributed by atoms with van der Waals surface area (Å²) in [4.78, 5) is 39.2. The average molecular weight is 320 g/mol. The van der Waals surface area contributed by atoms with Crippen LogP contribution in [-0.4, -0.2) is 51.8 Å². The molecule has 23 heavy (non-hydrogen) atoms. The third-order valence-corrected chi connectivity index (χ3v) is 4.56. The molecule has 0 bridgehead atoms. The number of amides is 2. The fourth-order valence-corrected chi connectivity index (χ4v) is 3.37. The van der Waals surface area contributed by atoms with Gasteiger partial charge >= 0.3 is 5.97 Å². The van der Waals surface area contributed by atoms with Crippen molar-refractivity contribution >= 4 is 17.8 Å². The van der Waals surface area contributed by atoms with Gasteiger partial charge in [-0.15, -0.1) is 0 Å². The average Bonchev–Trinajstić information content (AvgIpc) is 3.17. The zero-order valence-electron chi connectivity index (χ0n) is 12.8. The van der Waals surface area contributed by atoms with Crippen molar-refractivity contribution in [1.29, 1.82) is 0 Å². The summed E-state index contributed by atoms with van der Waals surface area (Å²) in [6, 6.07) is 2.78. The number of carbonyl (C=O) groups excluding carboxylic acids is 2. The van der Waals surface area contributed by atoms with Gasteiger partial charge in [0.15, 0.2) is 0 Å². The quantitative estimate of drug-likeness (QED) is 0.897. The summed E-state index contributed by atoms with van der Waals surface area (Å²) in [6.07, 6.45) is 3.80. The number of furan rings is 1. The van der Waals surface area contributed by atoms with E-state index in [-0.39, 0.29) is 18.2 Å². The first-order valence-corrected chi connectivity index (χ1v) is 7.89. The van der Waals surface area contributed by atoms with Gasteiger partial charge in [-0.05, 0) is 31.4 Å². The minimum absolute atomic E-state index is 0.0939. The molecule has 2 fully saturated rings. The Morgan fingerprint density at radius 3 is 2.87 bits per heavy atom. The molecular weight excluding hydrogens is 300 g/mol. The fourth-order valence-electron chi connectivity index (χ4n) is 3.37. The van der Waals surface area contributed by atoms with E-state index in [4.69, 9.17) is 4.42 Å². The van der Waals surface area contributed by atoms with Crippen LogP contribution in [0.25, 0.3) is 0 Å². The molecular formula is C16H20N2O5. The molecule has 0 spiro atoms. The van der Waals surface area contributed by atoms with E-state index in [2.05, 4.69) is 0 Å². The number of hydrogen-bond donors (Lipinski definition) is 1. The molecule has 2 saturated heterocycles. The van der Waals surface area contributed by atoms with Gasteiger partial charge in [0, 0.05) is 19.5 Å². The van der Waals surface area contributed by atoms with Crippen molar-refractivity contribution < 1.29 is 23.9 Å². The van der Waals surface area contributed by atoms with Gasteiger partial charge < -0.3 is 19.3 Å². The van der Waals surface area contributed by atoms with Crippen molar-refractivity contribution in [2.24, 2.45) is 5.92 Å². The number of piperidine rings is 1. The van der Waals surface area contributed by atoms with E-state index in [0.29, 0.717) is 31.8 Å². The highest BCUT2D eigenvalue weighted by Crippen LogP contribution is 2.26. The summed E-state index contributed by atoms with van der Waals surface area (Å²) in [7, 11) is 0. The molecule has 0 aromatic carbocycles. The monoisotopic (exact) mass is 320 g/mol. The molecule has 7 nitrogen and oxygen atoms in total. The lowest BCUT2D eigenvalue weighted by atomic mass is 9.98. The summed E-state index contributed by atoms with van der Waals surface area (Å²) >= 11 is 0. The lowest BCUT2D eigenvalue weighted by Gasteiger charge is -2.34. The largest absolute Gasteiger partial charge is 0.480 e. The highest BCUT2D eigenvalue weighted by atomic mass is 16.4. The SMILES string of the molecule is O=C(O)C1CCCCN1C(=O)C1CC(=O)N(Cc2ccco2)C1.